The van der Waals surface area contributed by atoms with Crippen LogP contribution in [-0.4, -0.2) is 39.4 Å². The zero-order valence-electron chi connectivity index (χ0n) is 9.16. The first kappa shape index (κ1) is 10.4. The lowest BCUT2D eigenvalue weighted by atomic mass is 10.2. The van der Waals surface area contributed by atoms with E-state index in [4.69, 9.17) is 0 Å². The molecule has 2 aromatic heterocycles. The van der Waals surface area contributed by atoms with Gasteiger partial charge in [-0.1, -0.05) is 0 Å². The van der Waals surface area contributed by atoms with Gasteiger partial charge in [-0.05, 0) is 12.1 Å². The molecule has 2 heterocycles. The Labute approximate surface area is 93.0 Å². The lowest BCUT2D eigenvalue weighted by Crippen LogP contribution is -2.03. The molecule has 0 unspecified atom stereocenters. The normalized spacial score (nSPS) is 11.1. The van der Waals surface area contributed by atoms with Crippen LogP contribution >= 0.6 is 0 Å². The second-order valence-electron chi connectivity index (χ2n) is 3.62. The number of fused-ring (bicyclic) bond motifs is 1. The van der Waals surface area contributed by atoms with Crippen molar-refractivity contribution in [3.63, 3.8) is 0 Å². The van der Waals surface area contributed by atoms with E-state index in [0.29, 0.717) is 11.2 Å². The topological polar surface area (TPSA) is 50.5 Å². The number of hydrogen-bond donors (Lipinski definition) is 0. The Kier molecular flexibility index (Phi) is 2.68. The zero-order chi connectivity index (χ0) is 11.5. The number of carbonyl (C=O) groups is 1. The molecule has 2 rings (SSSR count). The number of pyridine rings is 1. The van der Waals surface area contributed by atoms with Gasteiger partial charge in [0.2, 0.25) is 0 Å². The van der Waals surface area contributed by atoms with E-state index in [1.807, 2.05) is 19.0 Å². The maximum atomic E-state index is 11.7. The summed E-state index contributed by atoms with van der Waals surface area (Å²) in [5, 5.41) is 3.96. The minimum absolute atomic E-state index is 0.0424. The summed E-state index contributed by atoms with van der Waals surface area (Å²) in [6.07, 6.45) is 6.43. The molecule has 82 valence electrons. The van der Waals surface area contributed by atoms with Crippen molar-refractivity contribution in [2.75, 3.05) is 14.1 Å². The molecule has 0 saturated heterocycles. The fraction of sp³-hybridized carbons (Fsp3) is 0.182. The number of rotatable bonds is 3. The van der Waals surface area contributed by atoms with Gasteiger partial charge in [0.1, 0.15) is 6.33 Å². The molecule has 0 atom stereocenters. The van der Waals surface area contributed by atoms with Crippen molar-refractivity contribution < 1.29 is 4.79 Å². The van der Waals surface area contributed by atoms with E-state index in [2.05, 4.69) is 10.1 Å². The van der Waals surface area contributed by atoms with Gasteiger partial charge in [0, 0.05) is 38.1 Å². The van der Waals surface area contributed by atoms with Crippen LogP contribution in [0.3, 0.4) is 0 Å². The van der Waals surface area contributed by atoms with Gasteiger partial charge in [0.25, 0.3) is 0 Å². The van der Waals surface area contributed by atoms with Crippen LogP contribution in [0.25, 0.3) is 5.65 Å². The molecular weight excluding hydrogens is 204 g/mol. The van der Waals surface area contributed by atoms with E-state index in [-0.39, 0.29) is 5.78 Å². The molecule has 5 nitrogen and oxygen atoms in total. The highest BCUT2D eigenvalue weighted by atomic mass is 16.1. The molecule has 0 aliphatic heterocycles. The highest BCUT2D eigenvalue weighted by molar-refractivity contribution is 6.04. The average molecular weight is 216 g/mol. The number of nitrogens with zero attached hydrogens (tertiary/aromatic N) is 4. The standard InChI is InChI=1S/C11H12N4O/c1-14(2)5-4-10(16)9-3-6-15-11(7-9)12-8-13-15/h3-8H,1-2H3/b5-4-. The quantitative estimate of drug-likeness (QED) is 0.567. The Hall–Kier alpha value is -2.17. The van der Waals surface area contributed by atoms with Crippen LogP contribution in [0.5, 0.6) is 0 Å². The SMILES string of the molecule is CN(C)/C=C\C(=O)c1ccn2ncnc2c1. The minimum atomic E-state index is -0.0424. The fourth-order valence-electron chi connectivity index (χ4n) is 1.28. The van der Waals surface area contributed by atoms with Gasteiger partial charge in [-0.2, -0.15) is 5.10 Å². The lowest BCUT2D eigenvalue weighted by Gasteiger charge is -2.02. The van der Waals surface area contributed by atoms with Crippen LogP contribution in [0, 0.1) is 0 Å². The molecule has 0 N–H and O–H groups in total. The van der Waals surface area contributed by atoms with Crippen molar-refractivity contribution in [2.24, 2.45) is 0 Å². The predicted molar refractivity (Wildman–Crippen MR) is 60.1 cm³/mol. The highest BCUT2D eigenvalue weighted by Crippen LogP contribution is 2.05. The third kappa shape index (κ3) is 2.08. The van der Waals surface area contributed by atoms with Crippen LogP contribution in [0.1, 0.15) is 10.4 Å². The highest BCUT2D eigenvalue weighted by Gasteiger charge is 2.03. The molecule has 0 amide bonds. The summed E-state index contributed by atoms with van der Waals surface area (Å²) < 4.78 is 1.62. The second-order valence-corrected chi connectivity index (χ2v) is 3.62. The van der Waals surface area contributed by atoms with Crippen molar-refractivity contribution in [2.45, 2.75) is 0 Å². The smallest absolute Gasteiger partial charge is 0.187 e. The van der Waals surface area contributed by atoms with Gasteiger partial charge in [0.05, 0.1) is 0 Å². The summed E-state index contributed by atoms with van der Waals surface area (Å²) in [5.74, 6) is -0.0424. The van der Waals surface area contributed by atoms with Crippen LogP contribution in [0.4, 0.5) is 0 Å². The Morgan fingerprint density at radius 3 is 3.06 bits per heavy atom. The van der Waals surface area contributed by atoms with Gasteiger partial charge in [-0.25, -0.2) is 9.50 Å². The molecule has 5 heteroatoms. The first-order valence-corrected chi connectivity index (χ1v) is 4.85. The van der Waals surface area contributed by atoms with Crippen molar-refractivity contribution in [3.05, 3.63) is 42.5 Å². The molecule has 0 radical (unpaired) electrons. The minimum Gasteiger partial charge on any atom is -0.383 e. The van der Waals surface area contributed by atoms with Crippen LogP contribution in [0.15, 0.2) is 36.9 Å². The summed E-state index contributed by atoms with van der Waals surface area (Å²) >= 11 is 0. The maximum Gasteiger partial charge on any atom is 0.187 e. The maximum absolute atomic E-state index is 11.7. The monoisotopic (exact) mass is 216 g/mol. The molecule has 16 heavy (non-hydrogen) atoms. The third-order valence-electron chi connectivity index (χ3n) is 2.09. The molecule has 0 aliphatic carbocycles. The number of aromatic nitrogens is 3. The van der Waals surface area contributed by atoms with Gasteiger partial charge < -0.3 is 4.90 Å². The summed E-state index contributed by atoms with van der Waals surface area (Å²) in [6, 6.07) is 3.44. The second kappa shape index (κ2) is 4.14. The predicted octanol–water partition coefficient (Wildman–Crippen LogP) is 0.987. The van der Waals surface area contributed by atoms with E-state index in [0.717, 1.165) is 0 Å². The van der Waals surface area contributed by atoms with Gasteiger partial charge in [0.15, 0.2) is 11.4 Å². The molecule has 0 bridgehead atoms. The number of hydrogen-bond acceptors (Lipinski definition) is 4. The van der Waals surface area contributed by atoms with Crippen molar-refractivity contribution in [1.82, 2.24) is 19.5 Å². The Bertz CT molecular complexity index is 542. The van der Waals surface area contributed by atoms with E-state index in [1.165, 1.54) is 12.4 Å². The number of allylic oxidation sites excluding steroid dienone is 1. The Balaban J connectivity index is 2.29. The summed E-state index contributed by atoms with van der Waals surface area (Å²) in [5.41, 5.74) is 1.28. The molecule has 0 aromatic carbocycles. The molecule has 0 saturated carbocycles. The average Bonchev–Trinajstić information content (AvgIpc) is 2.72. The largest absolute Gasteiger partial charge is 0.383 e. The molecular formula is C11H12N4O. The van der Waals surface area contributed by atoms with Crippen LogP contribution in [-0.2, 0) is 0 Å². The van der Waals surface area contributed by atoms with Crippen LogP contribution < -0.4 is 0 Å². The first-order chi connectivity index (χ1) is 7.66. The Morgan fingerprint density at radius 1 is 1.50 bits per heavy atom. The van der Waals surface area contributed by atoms with Crippen molar-refractivity contribution >= 4 is 11.4 Å². The molecule has 0 fully saturated rings. The van der Waals surface area contributed by atoms with Crippen LogP contribution in [0.2, 0.25) is 0 Å². The van der Waals surface area contributed by atoms with E-state index >= 15 is 0 Å². The van der Waals surface area contributed by atoms with Crippen molar-refractivity contribution in [1.29, 1.82) is 0 Å². The van der Waals surface area contributed by atoms with Gasteiger partial charge >= 0.3 is 0 Å². The molecule has 2 aromatic rings. The molecule has 0 spiro atoms. The van der Waals surface area contributed by atoms with Crippen molar-refractivity contribution in [3.8, 4) is 0 Å². The summed E-state index contributed by atoms with van der Waals surface area (Å²) in [6.45, 7) is 0. The number of carbonyl (C=O) groups excluding carboxylic acids is 1. The zero-order valence-corrected chi connectivity index (χ0v) is 9.16. The van der Waals surface area contributed by atoms with E-state index in [9.17, 15) is 4.79 Å². The summed E-state index contributed by atoms with van der Waals surface area (Å²) in [4.78, 5) is 17.6. The fourth-order valence-corrected chi connectivity index (χ4v) is 1.28. The lowest BCUT2D eigenvalue weighted by molar-refractivity contribution is 0.104. The molecule has 0 aliphatic rings. The Morgan fingerprint density at radius 2 is 2.31 bits per heavy atom. The summed E-state index contributed by atoms with van der Waals surface area (Å²) in [7, 11) is 3.73. The van der Waals surface area contributed by atoms with E-state index < -0.39 is 0 Å². The number of ketones is 1. The first-order valence-electron chi connectivity index (χ1n) is 4.85. The van der Waals surface area contributed by atoms with Gasteiger partial charge in [-0.15, -0.1) is 0 Å². The van der Waals surface area contributed by atoms with Gasteiger partial charge in [-0.3, -0.25) is 4.79 Å². The third-order valence-corrected chi connectivity index (χ3v) is 2.09. The van der Waals surface area contributed by atoms with E-state index in [1.54, 1.807) is 29.0 Å².